The van der Waals surface area contributed by atoms with Crippen LogP contribution in [0.3, 0.4) is 0 Å². The van der Waals surface area contributed by atoms with Gasteiger partial charge in [-0.2, -0.15) is 0 Å². The molecule has 1 amide bonds. The van der Waals surface area contributed by atoms with E-state index in [-0.39, 0.29) is 12.3 Å². The standard InChI is InChI=1S/C14H12N2O3/c17-13-7-6-12(14(18)19)16(13)11-5-1-4-10-9(11)3-2-8-15-10/h1-5,8,12H,6-7H2,(H,18,19)/t12-/m1/s1. The lowest BCUT2D eigenvalue weighted by atomic mass is 10.1. The summed E-state index contributed by atoms with van der Waals surface area (Å²) >= 11 is 0. The first-order valence-electron chi connectivity index (χ1n) is 6.07. The van der Waals surface area contributed by atoms with Gasteiger partial charge in [0.2, 0.25) is 5.91 Å². The van der Waals surface area contributed by atoms with E-state index in [4.69, 9.17) is 0 Å². The lowest BCUT2D eigenvalue weighted by Gasteiger charge is -2.23. The molecule has 1 saturated heterocycles. The maximum atomic E-state index is 12.0. The minimum Gasteiger partial charge on any atom is -0.480 e. The quantitative estimate of drug-likeness (QED) is 0.889. The summed E-state index contributed by atoms with van der Waals surface area (Å²) in [5, 5.41) is 10.0. The summed E-state index contributed by atoms with van der Waals surface area (Å²) in [6.07, 6.45) is 2.30. The zero-order chi connectivity index (χ0) is 13.4. The topological polar surface area (TPSA) is 70.5 Å². The highest BCUT2D eigenvalue weighted by Gasteiger charge is 2.37. The lowest BCUT2D eigenvalue weighted by Crippen LogP contribution is -2.38. The van der Waals surface area contributed by atoms with Crippen LogP contribution in [-0.4, -0.2) is 28.0 Å². The highest BCUT2D eigenvalue weighted by atomic mass is 16.4. The van der Waals surface area contributed by atoms with Crippen LogP contribution in [0.2, 0.25) is 0 Å². The number of amides is 1. The monoisotopic (exact) mass is 256 g/mol. The molecule has 19 heavy (non-hydrogen) atoms. The van der Waals surface area contributed by atoms with E-state index >= 15 is 0 Å². The summed E-state index contributed by atoms with van der Waals surface area (Å²) in [5.41, 5.74) is 1.38. The smallest absolute Gasteiger partial charge is 0.326 e. The fraction of sp³-hybridized carbons (Fsp3) is 0.214. The Kier molecular flexibility index (Phi) is 2.67. The molecule has 5 heteroatoms. The normalized spacial score (nSPS) is 19.1. The van der Waals surface area contributed by atoms with Gasteiger partial charge in [0.25, 0.3) is 0 Å². The molecule has 5 nitrogen and oxygen atoms in total. The van der Waals surface area contributed by atoms with Gasteiger partial charge >= 0.3 is 5.97 Å². The minimum atomic E-state index is -0.966. The van der Waals surface area contributed by atoms with Crippen LogP contribution in [0.15, 0.2) is 36.5 Å². The Bertz CT molecular complexity index is 663. The van der Waals surface area contributed by atoms with Gasteiger partial charge in [0.15, 0.2) is 0 Å². The molecular weight excluding hydrogens is 244 g/mol. The molecule has 1 aliphatic heterocycles. The van der Waals surface area contributed by atoms with Crippen molar-refractivity contribution < 1.29 is 14.7 Å². The van der Waals surface area contributed by atoms with Crippen LogP contribution >= 0.6 is 0 Å². The predicted octanol–water partition coefficient (Wildman–Crippen LogP) is 1.81. The molecule has 96 valence electrons. The van der Waals surface area contributed by atoms with Crippen molar-refractivity contribution in [1.29, 1.82) is 0 Å². The van der Waals surface area contributed by atoms with Crippen molar-refractivity contribution in [2.24, 2.45) is 0 Å². The van der Waals surface area contributed by atoms with E-state index in [1.54, 1.807) is 24.4 Å². The number of carbonyl (C=O) groups excluding carboxylic acids is 1. The Morgan fingerprint density at radius 1 is 1.32 bits per heavy atom. The number of aliphatic carboxylic acids is 1. The molecule has 3 rings (SSSR count). The summed E-state index contributed by atoms with van der Waals surface area (Å²) in [6.45, 7) is 0. The molecule has 0 aliphatic carbocycles. The number of pyridine rings is 1. The Balaban J connectivity index is 2.18. The van der Waals surface area contributed by atoms with Gasteiger partial charge in [0.1, 0.15) is 6.04 Å². The largest absolute Gasteiger partial charge is 0.480 e. The molecule has 2 heterocycles. The van der Waals surface area contributed by atoms with Crippen molar-refractivity contribution in [3.05, 3.63) is 36.5 Å². The number of carbonyl (C=O) groups is 2. The van der Waals surface area contributed by atoms with Gasteiger partial charge in [-0.3, -0.25) is 14.7 Å². The molecule has 0 spiro atoms. The van der Waals surface area contributed by atoms with Gasteiger partial charge < -0.3 is 5.11 Å². The first-order chi connectivity index (χ1) is 9.18. The van der Waals surface area contributed by atoms with Crippen LogP contribution in [-0.2, 0) is 9.59 Å². The molecule has 0 bridgehead atoms. The van der Waals surface area contributed by atoms with Crippen molar-refractivity contribution in [2.75, 3.05) is 4.90 Å². The second-order valence-corrected chi connectivity index (χ2v) is 4.50. The summed E-state index contributed by atoms with van der Waals surface area (Å²) in [7, 11) is 0. The Hall–Kier alpha value is -2.43. The molecular formula is C14H12N2O3. The fourth-order valence-corrected chi connectivity index (χ4v) is 2.52. The summed E-state index contributed by atoms with van der Waals surface area (Å²) < 4.78 is 0. The SMILES string of the molecule is O=C(O)[C@H]1CCC(=O)N1c1cccc2ncccc12. The molecule has 1 atom stereocenters. The summed E-state index contributed by atoms with van der Waals surface area (Å²) in [4.78, 5) is 28.8. The Labute approximate surface area is 109 Å². The number of aromatic nitrogens is 1. The van der Waals surface area contributed by atoms with Crippen molar-refractivity contribution in [3.63, 3.8) is 0 Å². The number of hydrogen-bond donors (Lipinski definition) is 1. The molecule has 1 N–H and O–H groups in total. The number of rotatable bonds is 2. The molecule has 1 aromatic carbocycles. The first-order valence-corrected chi connectivity index (χ1v) is 6.07. The minimum absolute atomic E-state index is 0.149. The van der Waals surface area contributed by atoms with E-state index in [0.29, 0.717) is 12.1 Å². The Morgan fingerprint density at radius 2 is 2.16 bits per heavy atom. The number of anilines is 1. The number of fused-ring (bicyclic) bond motifs is 1. The zero-order valence-corrected chi connectivity index (χ0v) is 10.1. The molecule has 1 fully saturated rings. The number of nitrogens with zero attached hydrogens (tertiary/aromatic N) is 2. The third-order valence-corrected chi connectivity index (χ3v) is 3.38. The van der Waals surface area contributed by atoms with Crippen LogP contribution in [0.5, 0.6) is 0 Å². The average Bonchev–Trinajstić information content (AvgIpc) is 2.80. The van der Waals surface area contributed by atoms with Crippen LogP contribution in [0, 0.1) is 0 Å². The number of carboxylic acid groups (broad SMARTS) is 1. The van der Waals surface area contributed by atoms with Gasteiger partial charge in [-0.05, 0) is 30.7 Å². The summed E-state index contributed by atoms with van der Waals surface area (Å²) in [5.74, 6) is -1.12. The van der Waals surface area contributed by atoms with E-state index in [1.165, 1.54) is 4.90 Å². The van der Waals surface area contributed by atoms with Gasteiger partial charge in [-0.25, -0.2) is 4.79 Å². The van der Waals surface area contributed by atoms with Gasteiger partial charge in [0.05, 0.1) is 11.2 Å². The van der Waals surface area contributed by atoms with E-state index in [1.807, 2.05) is 12.1 Å². The van der Waals surface area contributed by atoms with Gasteiger partial charge in [-0.15, -0.1) is 0 Å². The van der Waals surface area contributed by atoms with Gasteiger partial charge in [0, 0.05) is 18.0 Å². The van der Waals surface area contributed by atoms with Crippen molar-refractivity contribution in [3.8, 4) is 0 Å². The predicted molar refractivity (Wildman–Crippen MR) is 69.9 cm³/mol. The Morgan fingerprint density at radius 3 is 2.95 bits per heavy atom. The number of benzene rings is 1. The highest BCUT2D eigenvalue weighted by molar-refractivity contribution is 6.08. The highest BCUT2D eigenvalue weighted by Crippen LogP contribution is 2.32. The van der Waals surface area contributed by atoms with Crippen LogP contribution in [0.25, 0.3) is 10.9 Å². The van der Waals surface area contributed by atoms with Gasteiger partial charge in [-0.1, -0.05) is 6.07 Å². The number of carboxylic acids is 1. The molecule has 2 aromatic rings. The van der Waals surface area contributed by atoms with E-state index in [2.05, 4.69) is 4.98 Å². The molecule has 0 radical (unpaired) electrons. The second kappa shape index (κ2) is 4.35. The van der Waals surface area contributed by atoms with E-state index < -0.39 is 12.0 Å². The maximum Gasteiger partial charge on any atom is 0.326 e. The van der Waals surface area contributed by atoms with Crippen molar-refractivity contribution in [1.82, 2.24) is 4.98 Å². The number of hydrogen-bond acceptors (Lipinski definition) is 3. The van der Waals surface area contributed by atoms with Crippen molar-refractivity contribution >= 4 is 28.5 Å². The van der Waals surface area contributed by atoms with Crippen LogP contribution in [0.4, 0.5) is 5.69 Å². The molecule has 0 saturated carbocycles. The maximum absolute atomic E-state index is 12.0. The zero-order valence-electron chi connectivity index (χ0n) is 10.1. The summed E-state index contributed by atoms with van der Waals surface area (Å²) in [6, 6.07) is 8.25. The third-order valence-electron chi connectivity index (χ3n) is 3.38. The first kappa shape index (κ1) is 11.6. The van der Waals surface area contributed by atoms with Crippen LogP contribution < -0.4 is 4.90 Å². The average molecular weight is 256 g/mol. The van der Waals surface area contributed by atoms with E-state index in [0.717, 1.165) is 10.9 Å². The van der Waals surface area contributed by atoms with Crippen molar-refractivity contribution in [2.45, 2.75) is 18.9 Å². The fourth-order valence-electron chi connectivity index (χ4n) is 2.52. The molecule has 0 unspecified atom stereocenters. The van der Waals surface area contributed by atoms with E-state index in [9.17, 15) is 14.7 Å². The second-order valence-electron chi connectivity index (χ2n) is 4.50. The molecule has 1 aromatic heterocycles. The third kappa shape index (κ3) is 1.83. The van der Waals surface area contributed by atoms with Crippen LogP contribution in [0.1, 0.15) is 12.8 Å². The lowest BCUT2D eigenvalue weighted by molar-refractivity contribution is -0.138. The molecule has 1 aliphatic rings.